The van der Waals surface area contributed by atoms with Crippen LogP contribution in [0, 0.1) is 0 Å². The minimum atomic E-state index is 0.413. The third kappa shape index (κ3) is 3.72. The fourth-order valence-corrected chi connectivity index (χ4v) is 1.48. The first-order valence-corrected chi connectivity index (χ1v) is 5.06. The predicted molar refractivity (Wildman–Crippen MR) is 62.2 cm³/mol. The van der Waals surface area contributed by atoms with Gasteiger partial charge < -0.3 is 10.1 Å². The van der Waals surface area contributed by atoms with Gasteiger partial charge in [0.05, 0.1) is 13.3 Å². The lowest BCUT2D eigenvalue weighted by atomic mass is 10.1. The van der Waals surface area contributed by atoms with Crippen LogP contribution < -0.4 is 10.1 Å². The number of nitrogens with zero attached hydrogens (tertiary/aromatic N) is 1. The Bertz CT molecular complexity index is 312. The van der Waals surface area contributed by atoms with Gasteiger partial charge in [-0.15, -0.1) is 6.58 Å². The normalized spacial score (nSPS) is 12.1. The van der Waals surface area contributed by atoms with E-state index in [2.05, 4.69) is 16.9 Å². The van der Waals surface area contributed by atoms with E-state index in [0.717, 1.165) is 18.6 Å². The maximum atomic E-state index is 5.13. The zero-order valence-electron chi connectivity index (χ0n) is 9.36. The van der Waals surface area contributed by atoms with Crippen molar-refractivity contribution in [2.45, 2.75) is 18.9 Å². The van der Waals surface area contributed by atoms with E-state index in [1.54, 1.807) is 13.3 Å². The van der Waals surface area contributed by atoms with Crippen LogP contribution in [0.1, 0.15) is 12.0 Å². The van der Waals surface area contributed by atoms with Crippen LogP contribution in [0.15, 0.2) is 31.1 Å². The molecule has 0 radical (unpaired) electrons. The molecule has 0 aromatic carbocycles. The van der Waals surface area contributed by atoms with Crippen molar-refractivity contribution in [3.8, 4) is 5.75 Å². The van der Waals surface area contributed by atoms with Crippen LogP contribution in [0.4, 0.5) is 0 Å². The SMILES string of the molecule is C=CC[C@@H](Cc1cncc(OC)c1)NC. The number of ether oxygens (including phenoxy) is 1. The van der Waals surface area contributed by atoms with Crippen molar-refractivity contribution in [3.05, 3.63) is 36.7 Å². The Morgan fingerprint density at radius 1 is 1.60 bits per heavy atom. The van der Waals surface area contributed by atoms with E-state index < -0.39 is 0 Å². The summed E-state index contributed by atoms with van der Waals surface area (Å²) in [5, 5.41) is 3.25. The van der Waals surface area contributed by atoms with Gasteiger partial charge in [0.2, 0.25) is 0 Å². The van der Waals surface area contributed by atoms with Crippen LogP contribution in [0.25, 0.3) is 0 Å². The van der Waals surface area contributed by atoms with Crippen molar-refractivity contribution >= 4 is 0 Å². The number of methoxy groups -OCH3 is 1. The standard InChI is InChI=1S/C12H18N2O/c1-4-5-11(13-2)6-10-7-12(15-3)9-14-8-10/h4,7-9,11,13H,1,5-6H2,2-3H3/t11-/m0/s1. The van der Waals surface area contributed by atoms with Crippen LogP contribution in [0.5, 0.6) is 5.75 Å². The average Bonchev–Trinajstić information content (AvgIpc) is 2.29. The van der Waals surface area contributed by atoms with Gasteiger partial charge in [0, 0.05) is 12.2 Å². The van der Waals surface area contributed by atoms with Gasteiger partial charge in [-0.3, -0.25) is 4.98 Å². The third-order valence-corrected chi connectivity index (χ3v) is 2.35. The molecular formula is C12H18N2O. The quantitative estimate of drug-likeness (QED) is 0.721. The Kier molecular flexibility index (Phi) is 4.84. The monoisotopic (exact) mass is 206 g/mol. The first-order valence-electron chi connectivity index (χ1n) is 5.06. The zero-order valence-corrected chi connectivity index (χ0v) is 9.36. The molecule has 0 aliphatic carbocycles. The highest BCUT2D eigenvalue weighted by Gasteiger charge is 2.06. The molecule has 0 unspecified atom stereocenters. The fraction of sp³-hybridized carbons (Fsp3) is 0.417. The predicted octanol–water partition coefficient (Wildman–Crippen LogP) is 1.80. The molecule has 0 bridgehead atoms. The summed E-state index contributed by atoms with van der Waals surface area (Å²) in [7, 11) is 3.61. The summed E-state index contributed by atoms with van der Waals surface area (Å²) in [5.74, 6) is 0.806. The van der Waals surface area contributed by atoms with Gasteiger partial charge >= 0.3 is 0 Å². The van der Waals surface area contributed by atoms with E-state index in [0.29, 0.717) is 6.04 Å². The van der Waals surface area contributed by atoms with Gasteiger partial charge in [-0.2, -0.15) is 0 Å². The number of rotatable bonds is 6. The Morgan fingerprint density at radius 2 is 2.40 bits per heavy atom. The number of aromatic nitrogens is 1. The lowest BCUT2D eigenvalue weighted by Gasteiger charge is -2.14. The first-order chi connectivity index (χ1) is 7.30. The number of nitrogens with one attached hydrogen (secondary N) is 1. The van der Waals surface area contributed by atoms with E-state index in [9.17, 15) is 0 Å². The van der Waals surface area contributed by atoms with E-state index in [1.165, 1.54) is 5.56 Å². The molecule has 0 spiro atoms. The molecule has 1 atom stereocenters. The fourth-order valence-electron chi connectivity index (χ4n) is 1.48. The Balaban J connectivity index is 2.65. The van der Waals surface area contributed by atoms with Crippen molar-refractivity contribution < 1.29 is 4.74 Å². The molecule has 3 heteroatoms. The minimum absolute atomic E-state index is 0.413. The van der Waals surface area contributed by atoms with Crippen molar-refractivity contribution in [2.24, 2.45) is 0 Å². The summed E-state index contributed by atoms with van der Waals surface area (Å²) in [6.45, 7) is 3.74. The molecule has 1 N–H and O–H groups in total. The molecule has 1 rings (SSSR count). The summed E-state index contributed by atoms with van der Waals surface area (Å²) >= 11 is 0. The van der Waals surface area contributed by atoms with Crippen molar-refractivity contribution in [2.75, 3.05) is 14.2 Å². The van der Waals surface area contributed by atoms with E-state index in [-0.39, 0.29) is 0 Å². The van der Waals surface area contributed by atoms with Gasteiger partial charge in [0.15, 0.2) is 0 Å². The summed E-state index contributed by atoms with van der Waals surface area (Å²) in [6.07, 6.45) is 7.40. The first kappa shape index (κ1) is 11.7. The Morgan fingerprint density at radius 3 is 3.00 bits per heavy atom. The second kappa shape index (κ2) is 6.19. The second-order valence-corrected chi connectivity index (χ2v) is 3.45. The van der Waals surface area contributed by atoms with Crippen LogP contribution >= 0.6 is 0 Å². The van der Waals surface area contributed by atoms with Gasteiger partial charge in [0.1, 0.15) is 5.75 Å². The maximum Gasteiger partial charge on any atom is 0.137 e. The molecule has 0 fully saturated rings. The van der Waals surface area contributed by atoms with Gasteiger partial charge in [-0.05, 0) is 31.5 Å². The van der Waals surface area contributed by atoms with Crippen LogP contribution in [0.2, 0.25) is 0 Å². The van der Waals surface area contributed by atoms with E-state index >= 15 is 0 Å². The molecule has 0 saturated carbocycles. The lowest BCUT2D eigenvalue weighted by Crippen LogP contribution is -2.26. The van der Waals surface area contributed by atoms with Crippen molar-refractivity contribution in [1.82, 2.24) is 10.3 Å². The summed E-state index contributed by atoms with van der Waals surface area (Å²) in [6, 6.07) is 2.43. The topological polar surface area (TPSA) is 34.1 Å². The highest BCUT2D eigenvalue weighted by Crippen LogP contribution is 2.12. The smallest absolute Gasteiger partial charge is 0.137 e. The van der Waals surface area contributed by atoms with Gasteiger partial charge in [-0.25, -0.2) is 0 Å². The number of pyridine rings is 1. The highest BCUT2D eigenvalue weighted by molar-refractivity contribution is 5.24. The Hall–Kier alpha value is -1.35. The van der Waals surface area contributed by atoms with Gasteiger partial charge in [-0.1, -0.05) is 6.08 Å². The summed E-state index contributed by atoms with van der Waals surface area (Å²) in [4.78, 5) is 4.12. The van der Waals surface area contributed by atoms with E-state index in [1.807, 2.05) is 25.4 Å². The molecule has 82 valence electrons. The number of hydrogen-bond acceptors (Lipinski definition) is 3. The lowest BCUT2D eigenvalue weighted by molar-refractivity contribution is 0.412. The molecular weight excluding hydrogens is 188 g/mol. The molecule has 0 aliphatic heterocycles. The van der Waals surface area contributed by atoms with E-state index in [4.69, 9.17) is 4.74 Å². The Labute approximate surface area is 91.2 Å². The van der Waals surface area contributed by atoms with Crippen molar-refractivity contribution in [1.29, 1.82) is 0 Å². The highest BCUT2D eigenvalue weighted by atomic mass is 16.5. The molecule has 1 heterocycles. The van der Waals surface area contributed by atoms with Crippen LogP contribution in [-0.4, -0.2) is 25.2 Å². The molecule has 0 amide bonds. The number of hydrogen-bond donors (Lipinski definition) is 1. The molecule has 1 aromatic heterocycles. The summed E-state index contributed by atoms with van der Waals surface area (Å²) in [5.41, 5.74) is 1.18. The largest absolute Gasteiger partial charge is 0.495 e. The van der Waals surface area contributed by atoms with Gasteiger partial charge in [0.25, 0.3) is 0 Å². The van der Waals surface area contributed by atoms with Crippen LogP contribution in [-0.2, 0) is 6.42 Å². The molecule has 1 aromatic rings. The van der Waals surface area contributed by atoms with Crippen molar-refractivity contribution in [3.63, 3.8) is 0 Å². The molecule has 15 heavy (non-hydrogen) atoms. The molecule has 0 saturated heterocycles. The maximum absolute atomic E-state index is 5.13. The summed E-state index contributed by atoms with van der Waals surface area (Å²) < 4.78 is 5.13. The zero-order chi connectivity index (χ0) is 11.1. The number of likely N-dealkylation sites (N-methyl/N-ethyl adjacent to an activating group) is 1. The van der Waals surface area contributed by atoms with Crippen LogP contribution in [0.3, 0.4) is 0 Å². The molecule has 0 aliphatic rings. The third-order valence-electron chi connectivity index (χ3n) is 2.35. The molecule has 3 nitrogen and oxygen atoms in total. The second-order valence-electron chi connectivity index (χ2n) is 3.45. The average molecular weight is 206 g/mol. The minimum Gasteiger partial charge on any atom is -0.495 e.